The van der Waals surface area contributed by atoms with E-state index in [1.54, 1.807) is 0 Å². The van der Waals surface area contributed by atoms with Crippen molar-refractivity contribution in [3.8, 4) is 11.4 Å². The molecule has 0 spiro atoms. The van der Waals surface area contributed by atoms with E-state index in [0.29, 0.717) is 0 Å². The normalized spacial score (nSPS) is 16.1. The number of amidine groups is 1. The summed E-state index contributed by atoms with van der Waals surface area (Å²) < 4.78 is 4.79. The summed E-state index contributed by atoms with van der Waals surface area (Å²) in [5.74, 6) is 0.848. The highest BCUT2D eigenvalue weighted by Crippen LogP contribution is 2.38. The van der Waals surface area contributed by atoms with Crippen molar-refractivity contribution in [3.63, 3.8) is 0 Å². The molecular weight excluding hydrogens is 502 g/mol. The zero-order valence-corrected chi connectivity index (χ0v) is 22.1. The van der Waals surface area contributed by atoms with Gasteiger partial charge in [0.05, 0.1) is 39.0 Å². The summed E-state index contributed by atoms with van der Waals surface area (Å²) in [5, 5.41) is 15.8. The third-order valence-electron chi connectivity index (χ3n) is 8.33. The summed E-state index contributed by atoms with van der Waals surface area (Å²) in [6.07, 6.45) is 8.23. The van der Waals surface area contributed by atoms with Crippen molar-refractivity contribution in [3.05, 3.63) is 145 Å². The smallest absolute Gasteiger partial charge is 0.160 e. The van der Waals surface area contributed by atoms with Gasteiger partial charge in [-0.3, -0.25) is 0 Å². The Kier molecular flexibility index (Phi) is 4.61. The number of hydrogen-bond donors (Lipinski definition) is 1. The first-order valence-corrected chi connectivity index (χ1v) is 14.0. The molecule has 0 bridgehead atoms. The zero-order chi connectivity index (χ0) is 26.9. The van der Waals surface area contributed by atoms with E-state index in [0.717, 1.165) is 22.8 Å². The first-order chi connectivity index (χ1) is 20.4. The number of para-hydroxylation sites is 4. The SMILES string of the molecule is C1=CC2NC(c3c(-n4c5ccccc5c5ccccc54)cccc3-n3c4ccccc4c4ccccc43)=NN2C=C1. The van der Waals surface area contributed by atoms with Crippen molar-refractivity contribution in [2.75, 3.05) is 0 Å². The van der Waals surface area contributed by atoms with Crippen LogP contribution >= 0.6 is 0 Å². The molecule has 5 heteroatoms. The molecule has 0 fully saturated rings. The van der Waals surface area contributed by atoms with Crippen LogP contribution in [0.1, 0.15) is 5.56 Å². The van der Waals surface area contributed by atoms with Crippen LogP contribution in [0.15, 0.2) is 145 Å². The Labute approximate surface area is 236 Å². The molecule has 9 rings (SSSR count). The fraction of sp³-hybridized carbons (Fsp3) is 0.0278. The van der Waals surface area contributed by atoms with Crippen LogP contribution < -0.4 is 5.32 Å². The van der Waals surface area contributed by atoms with Crippen LogP contribution in [0.5, 0.6) is 0 Å². The molecule has 2 aliphatic rings. The molecule has 0 amide bonds. The second-order valence-electron chi connectivity index (χ2n) is 10.6. The Morgan fingerprint density at radius 2 is 0.976 bits per heavy atom. The van der Waals surface area contributed by atoms with Crippen LogP contribution in [0, 0.1) is 0 Å². The Morgan fingerprint density at radius 3 is 1.44 bits per heavy atom. The highest BCUT2D eigenvalue weighted by atomic mass is 15.6. The minimum absolute atomic E-state index is 0.0211. The standard InChI is InChI=1S/C36H25N5/c1-5-16-28-24(12-1)25-13-2-6-17-29(25)40(28)32-20-11-21-33(35(32)36-37-34-22-9-10-23-39(34)38-36)41-30-18-7-3-14-26(30)27-15-4-8-19-31(27)41/h1-23,34H,(H,37,38). The van der Waals surface area contributed by atoms with Crippen molar-refractivity contribution >= 4 is 49.4 Å². The van der Waals surface area contributed by atoms with Gasteiger partial charge in [0.15, 0.2) is 5.84 Å². The first kappa shape index (κ1) is 22.3. The molecule has 0 saturated heterocycles. The Morgan fingerprint density at radius 1 is 0.512 bits per heavy atom. The van der Waals surface area contributed by atoms with Gasteiger partial charge in [0.2, 0.25) is 0 Å². The quantitative estimate of drug-likeness (QED) is 0.254. The molecule has 1 atom stereocenters. The molecule has 4 heterocycles. The fourth-order valence-electron chi connectivity index (χ4n) is 6.61. The molecule has 194 valence electrons. The molecule has 0 saturated carbocycles. The van der Waals surface area contributed by atoms with Crippen LogP contribution in [-0.4, -0.2) is 26.1 Å². The van der Waals surface area contributed by atoms with Gasteiger partial charge in [-0.15, -0.1) is 0 Å². The molecule has 1 N–H and O–H groups in total. The number of hydrazone groups is 1. The lowest BCUT2D eigenvalue weighted by molar-refractivity contribution is 0.349. The van der Waals surface area contributed by atoms with E-state index in [-0.39, 0.29) is 6.17 Å². The van der Waals surface area contributed by atoms with E-state index in [1.807, 2.05) is 17.3 Å². The summed E-state index contributed by atoms with van der Waals surface area (Å²) in [5.41, 5.74) is 7.91. The lowest BCUT2D eigenvalue weighted by Gasteiger charge is -2.20. The minimum atomic E-state index is -0.0211. The topological polar surface area (TPSA) is 37.5 Å². The van der Waals surface area contributed by atoms with Gasteiger partial charge in [-0.1, -0.05) is 84.9 Å². The summed E-state index contributed by atoms with van der Waals surface area (Å²) in [6.45, 7) is 0. The predicted molar refractivity (Wildman–Crippen MR) is 169 cm³/mol. The van der Waals surface area contributed by atoms with Gasteiger partial charge >= 0.3 is 0 Å². The number of rotatable bonds is 3. The largest absolute Gasteiger partial charge is 0.343 e. The van der Waals surface area contributed by atoms with E-state index in [2.05, 4.69) is 142 Å². The van der Waals surface area contributed by atoms with Gasteiger partial charge in [0.25, 0.3) is 0 Å². The number of benzene rings is 5. The second kappa shape index (κ2) is 8.47. The summed E-state index contributed by atoms with van der Waals surface area (Å²) in [6, 6.07) is 41.3. The van der Waals surface area contributed by atoms with Crippen molar-refractivity contribution in [2.45, 2.75) is 6.17 Å². The van der Waals surface area contributed by atoms with E-state index in [9.17, 15) is 0 Å². The maximum absolute atomic E-state index is 5.12. The van der Waals surface area contributed by atoms with Crippen LogP contribution in [0.3, 0.4) is 0 Å². The molecule has 7 aromatic rings. The van der Waals surface area contributed by atoms with Crippen molar-refractivity contribution in [2.24, 2.45) is 5.10 Å². The third-order valence-corrected chi connectivity index (χ3v) is 8.33. The maximum Gasteiger partial charge on any atom is 0.160 e. The average Bonchev–Trinajstić information content (AvgIpc) is 3.71. The molecule has 0 aliphatic carbocycles. The summed E-state index contributed by atoms with van der Waals surface area (Å²) in [4.78, 5) is 0. The van der Waals surface area contributed by atoms with E-state index < -0.39 is 0 Å². The Bertz CT molecular complexity index is 2020. The monoisotopic (exact) mass is 527 g/mol. The number of fused-ring (bicyclic) bond motifs is 7. The van der Waals surface area contributed by atoms with Crippen LogP contribution in [0.4, 0.5) is 0 Å². The second-order valence-corrected chi connectivity index (χ2v) is 10.6. The Hall–Kier alpha value is -5.55. The lowest BCUT2D eigenvalue weighted by Crippen LogP contribution is -2.35. The highest BCUT2D eigenvalue weighted by Gasteiger charge is 2.29. The van der Waals surface area contributed by atoms with E-state index in [1.165, 1.54) is 43.6 Å². The van der Waals surface area contributed by atoms with Crippen molar-refractivity contribution < 1.29 is 0 Å². The minimum Gasteiger partial charge on any atom is -0.343 e. The van der Waals surface area contributed by atoms with Gasteiger partial charge < -0.3 is 14.5 Å². The van der Waals surface area contributed by atoms with E-state index in [4.69, 9.17) is 5.10 Å². The van der Waals surface area contributed by atoms with Gasteiger partial charge in [0.1, 0.15) is 6.17 Å². The molecular formula is C36H25N5. The van der Waals surface area contributed by atoms with Gasteiger partial charge in [0, 0.05) is 27.7 Å². The number of allylic oxidation sites excluding steroid dienone is 2. The molecule has 41 heavy (non-hydrogen) atoms. The average molecular weight is 528 g/mol. The van der Waals surface area contributed by atoms with Gasteiger partial charge in [-0.05, 0) is 48.6 Å². The number of hydrogen-bond acceptors (Lipinski definition) is 3. The fourth-order valence-corrected chi connectivity index (χ4v) is 6.61. The number of aromatic nitrogens is 2. The third kappa shape index (κ3) is 3.14. The van der Waals surface area contributed by atoms with Crippen molar-refractivity contribution in [1.29, 1.82) is 0 Å². The Balaban J connectivity index is 1.43. The van der Waals surface area contributed by atoms with Crippen LogP contribution in [0.2, 0.25) is 0 Å². The molecule has 2 aliphatic heterocycles. The first-order valence-electron chi connectivity index (χ1n) is 14.0. The lowest BCUT2D eigenvalue weighted by atomic mass is 10.1. The van der Waals surface area contributed by atoms with Crippen molar-refractivity contribution in [1.82, 2.24) is 19.5 Å². The number of nitrogens with one attached hydrogen (secondary N) is 1. The maximum atomic E-state index is 5.12. The molecule has 1 unspecified atom stereocenters. The van der Waals surface area contributed by atoms with Gasteiger partial charge in [-0.25, -0.2) is 5.01 Å². The molecule has 5 aromatic carbocycles. The number of nitrogens with zero attached hydrogens (tertiary/aromatic N) is 4. The molecule has 0 radical (unpaired) electrons. The molecule has 5 nitrogen and oxygen atoms in total. The van der Waals surface area contributed by atoms with Gasteiger partial charge in [-0.2, -0.15) is 5.10 Å². The highest BCUT2D eigenvalue weighted by molar-refractivity contribution is 6.14. The molecule has 2 aromatic heterocycles. The zero-order valence-electron chi connectivity index (χ0n) is 22.1. The summed E-state index contributed by atoms with van der Waals surface area (Å²) in [7, 11) is 0. The van der Waals surface area contributed by atoms with Crippen LogP contribution in [-0.2, 0) is 0 Å². The van der Waals surface area contributed by atoms with Crippen LogP contribution in [0.25, 0.3) is 55.0 Å². The predicted octanol–water partition coefficient (Wildman–Crippen LogP) is 7.86. The van der Waals surface area contributed by atoms with E-state index >= 15 is 0 Å². The summed E-state index contributed by atoms with van der Waals surface area (Å²) >= 11 is 0.